The van der Waals surface area contributed by atoms with Crippen LogP contribution >= 0.6 is 0 Å². The number of nitrogens with one attached hydrogen (secondary N) is 1. The van der Waals surface area contributed by atoms with Crippen LogP contribution in [0.15, 0.2) is 42.5 Å². The van der Waals surface area contributed by atoms with Gasteiger partial charge in [0.1, 0.15) is 5.75 Å². The van der Waals surface area contributed by atoms with Crippen LogP contribution in [-0.4, -0.2) is 17.8 Å². The summed E-state index contributed by atoms with van der Waals surface area (Å²) in [7, 11) is 0. The number of carbonyl (C=O) groups is 2. The van der Waals surface area contributed by atoms with Gasteiger partial charge in [0, 0.05) is 24.1 Å². The summed E-state index contributed by atoms with van der Waals surface area (Å²) >= 11 is 0. The zero-order valence-corrected chi connectivity index (χ0v) is 16.1. The lowest BCUT2D eigenvalue weighted by Gasteiger charge is -2.16. The summed E-state index contributed by atoms with van der Waals surface area (Å²) < 4.78 is 5.58. The molecule has 0 spiro atoms. The van der Waals surface area contributed by atoms with E-state index >= 15 is 0 Å². The summed E-state index contributed by atoms with van der Waals surface area (Å²) in [5.74, 6) is 0.642. The fourth-order valence-corrected chi connectivity index (χ4v) is 3.39. The van der Waals surface area contributed by atoms with Crippen molar-refractivity contribution in [2.75, 3.05) is 5.32 Å². The second-order valence-corrected chi connectivity index (χ2v) is 7.35. The van der Waals surface area contributed by atoms with Gasteiger partial charge in [0.05, 0.1) is 6.10 Å². The smallest absolute Gasteiger partial charge is 0.224 e. The maximum atomic E-state index is 12.4. The average molecular weight is 365 g/mol. The number of fused-ring (bicyclic) bond motifs is 1. The highest BCUT2D eigenvalue weighted by Gasteiger charge is 2.14. The van der Waals surface area contributed by atoms with Gasteiger partial charge in [0.2, 0.25) is 5.91 Å². The minimum absolute atomic E-state index is 0.0270. The molecule has 0 aliphatic heterocycles. The van der Waals surface area contributed by atoms with Gasteiger partial charge in [-0.1, -0.05) is 12.1 Å². The molecule has 142 valence electrons. The second kappa shape index (κ2) is 8.85. The highest BCUT2D eigenvalue weighted by Crippen LogP contribution is 2.23. The van der Waals surface area contributed by atoms with E-state index in [1.165, 1.54) is 24.0 Å². The molecular formula is C23H27NO3. The maximum absolute atomic E-state index is 12.4. The predicted octanol–water partition coefficient (Wildman–Crippen LogP) is 4.95. The first kappa shape index (κ1) is 19.2. The molecule has 2 aromatic carbocycles. The number of hydrogen-bond acceptors (Lipinski definition) is 3. The normalized spacial score (nSPS) is 13.1. The molecule has 0 saturated carbocycles. The van der Waals surface area contributed by atoms with Crippen LogP contribution in [0.4, 0.5) is 5.69 Å². The highest BCUT2D eigenvalue weighted by atomic mass is 16.5. The molecule has 0 fully saturated rings. The molecule has 0 unspecified atom stereocenters. The van der Waals surface area contributed by atoms with Gasteiger partial charge in [-0.2, -0.15) is 0 Å². The minimum atomic E-state index is -0.154. The third kappa shape index (κ3) is 5.43. The number of ether oxygens (including phenoxy) is 1. The van der Waals surface area contributed by atoms with Crippen molar-refractivity contribution in [1.82, 2.24) is 0 Å². The zero-order chi connectivity index (χ0) is 19.2. The third-order valence-electron chi connectivity index (χ3n) is 4.76. The standard InChI is InChI=1S/C23H27NO3/c1-16(2)27-21-11-9-20(10-12-21)24-23(26)14-13-22(25)19-8-7-17-5-3-4-6-18(17)15-19/h7-12,15-16H,3-6,13-14H2,1-2H3,(H,24,26). The van der Waals surface area contributed by atoms with E-state index in [9.17, 15) is 9.59 Å². The summed E-state index contributed by atoms with van der Waals surface area (Å²) in [4.78, 5) is 24.6. The van der Waals surface area contributed by atoms with Gasteiger partial charge in [0.25, 0.3) is 0 Å². The van der Waals surface area contributed by atoms with Crippen LogP contribution in [0.25, 0.3) is 0 Å². The number of carbonyl (C=O) groups excluding carboxylic acids is 2. The summed E-state index contributed by atoms with van der Waals surface area (Å²) in [5.41, 5.74) is 4.08. The Morgan fingerprint density at radius 3 is 2.37 bits per heavy atom. The Morgan fingerprint density at radius 1 is 0.963 bits per heavy atom. The van der Waals surface area contributed by atoms with Crippen LogP contribution in [0.5, 0.6) is 5.75 Å². The number of rotatable bonds is 7. The fraction of sp³-hybridized carbons (Fsp3) is 0.391. The Balaban J connectivity index is 1.50. The molecule has 4 heteroatoms. The van der Waals surface area contributed by atoms with Gasteiger partial charge in [-0.05, 0) is 81.0 Å². The molecule has 1 aliphatic carbocycles. The van der Waals surface area contributed by atoms with Crippen molar-refractivity contribution < 1.29 is 14.3 Å². The zero-order valence-electron chi connectivity index (χ0n) is 16.1. The minimum Gasteiger partial charge on any atom is -0.491 e. The number of benzene rings is 2. The quantitative estimate of drug-likeness (QED) is 0.706. The van der Waals surface area contributed by atoms with E-state index in [0.29, 0.717) is 5.69 Å². The molecule has 0 radical (unpaired) electrons. The number of Topliss-reactive ketones (excluding diaryl/α,β-unsaturated/α-hetero) is 1. The first-order valence-corrected chi connectivity index (χ1v) is 9.73. The molecule has 0 bridgehead atoms. The number of ketones is 1. The largest absolute Gasteiger partial charge is 0.491 e. The van der Waals surface area contributed by atoms with E-state index in [4.69, 9.17) is 4.74 Å². The molecule has 3 rings (SSSR count). The van der Waals surface area contributed by atoms with Gasteiger partial charge < -0.3 is 10.1 Å². The lowest BCUT2D eigenvalue weighted by molar-refractivity contribution is -0.116. The molecule has 0 atom stereocenters. The van der Waals surface area contributed by atoms with Crippen LogP contribution in [0.1, 0.15) is 61.0 Å². The monoisotopic (exact) mass is 365 g/mol. The van der Waals surface area contributed by atoms with E-state index in [-0.39, 0.29) is 30.6 Å². The van der Waals surface area contributed by atoms with Gasteiger partial charge in [0.15, 0.2) is 5.78 Å². The molecule has 2 aromatic rings. The van der Waals surface area contributed by atoms with Crippen molar-refractivity contribution in [3.63, 3.8) is 0 Å². The number of hydrogen-bond donors (Lipinski definition) is 1. The lowest BCUT2D eigenvalue weighted by Crippen LogP contribution is -2.14. The average Bonchev–Trinajstić information content (AvgIpc) is 2.67. The number of amides is 1. The van der Waals surface area contributed by atoms with E-state index in [2.05, 4.69) is 11.4 Å². The van der Waals surface area contributed by atoms with E-state index < -0.39 is 0 Å². The van der Waals surface area contributed by atoms with E-state index in [1.807, 2.05) is 38.1 Å². The van der Waals surface area contributed by atoms with Gasteiger partial charge in [-0.15, -0.1) is 0 Å². The Kier molecular flexibility index (Phi) is 6.28. The van der Waals surface area contributed by atoms with Crippen molar-refractivity contribution in [3.05, 3.63) is 59.2 Å². The van der Waals surface area contributed by atoms with Crippen LogP contribution in [0.3, 0.4) is 0 Å². The van der Waals surface area contributed by atoms with Crippen LogP contribution < -0.4 is 10.1 Å². The van der Waals surface area contributed by atoms with E-state index in [1.54, 1.807) is 12.1 Å². The lowest BCUT2D eigenvalue weighted by atomic mass is 9.89. The third-order valence-corrected chi connectivity index (χ3v) is 4.76. The van der Waals surface area contributed by atoms with E-state index in [0.717, 1.165) is 24.2 Å². The molecule has 1 aliphatic rings. The van der Waals surface area contributed by atoms with Crippen LogP contribution in [0, 0.1) is 0 Å². The topological polar surface area (TPSA) is 55.4 Å². The molecule has 1 amide bonds. The molecular weight excluding hydrogens is 338 g/mol. The Bertz CT molecular complexity index is 809. The molecule has 4 nitrogen and oxygen atoms in total. The SMILES string of the molecule is CC(C)Oc1ccc(NC(=O)CCC(=O)c2ccc3c(c2)CCCC3)cc1. The second-order valence-electron chi connectivity index (χ2n) is 7.35. The van der Waals surface area contributed by atoms with Crippen LogP contribution in [0.2, 0.25) is 0 Å². The van der Waals surface area contributed by atoms with Gasteiger partial charge in [-0.3, -0.25) is 9.59 Å². The van der Waals surface area contributed by atoms with Crippen LogP contribution in [-0.2, 0) is 17.6 Å². The van der Waals surface area contributed by atoms with Crippen molar-refractivity contribution in [2.45, 2.75) is 58.5 Å². The first-order valence-electron chi connectivity index (χ1n) is 9.73. The molecule has 0 heterocycles. The van der Waals surface area contributed by atoms with Crippen molar-refractivity contribution >= 4 is 17.4 Å². The van der Waals surface area contributed by atoms with Crippen molar-refractivity contribution in [1.29, 1.82) is 0 Å². The Labute approximate surface area is 160 Å². The van der Waals surface area contributed by atoms with Gasteiger partial charge >= 0.3 is 0 Å². The highest BCUT2D eigenvalue weighted by molar-refractivity contribution is 6.00. The molecule has 0 aromatic heterocycles. The predicted molar refractivity (Wildman–Crippen MR) is 107 cm³/mol. The molecule has 0 saturated heterocycles. The van der Waals surface area contributed by atoms with Crippen molar-refractivity contribution in [3.8, 4) is 5.75 Å². The summed E-state index contributed by atoms with van der Waals surface area (Å²) in [6.07, 6.45) is 5.08. The van der Waals surface area contributed by atoms with Gasteiger partial charge in [-0.25, -0.2) is 0 Å². The number of anilines is 1. The molecule has 1 N–H and O–H groups in total. The summed E-state index contributed by atoms with van der Waals surface area (Å²) in [6, 6.07) is 13.3. The van der Waals surface area contributed by atoms with Crippen molar-refractivity contribution in [2.24, 2.45) is 0 Å². The summed E-state index contributed by atoms with van der Waals surface area (Å²) in [6.45, 7) is 3.94. The Morgan fingerprint density at radius 2 is 1.67 bits per heavy atom. The maximum Gasteiger partial charge on any atom is 0.224 e. The fourth-order valence-electron chi connectivity index (χ4n) is 3.39. The summed E-state index contributed by atoms with van der Waals surface area (Å²) in [5, 5.41) is 2.83. The first-order chi connectivity index (χ1) is 13.0. The molecule has 27 heavy (non-hydrogen) atoms. The number of aryl methyl sites for hydroxylation is 2. The Hall–Kier alpha value is -2.62.